The largest absolute Gasteiger partial charge is 0.335 e. The zero-order valence-corrected chi connectivity index (χ0v) is 14.1. The van der Waals surface area contributed by atoms with Crippen molar-refractivity contribution in [3.8, 4) is 0 Å². The molecule has 0 saturated heterocycles. The van der Waals surface area contributed by atoms with E-state index in [-0.39, 0.29) is 11.4 Å². The summed E-state index contributed by atoms with van der Waals surface area (Å²) < 4.78 is 29.9. The molecule has 24 heavy (non-hydrogen) atoms. The molecule has 0 bridgehead atoms. The topological polar surface area (TPSA) is 64.0 Å². The van der Waals surface area contributed by atoms with Crippen LogP contribution in [-0.4, -0.2) is 18.0 Å². The summed E-state index contributed by atoms with van der Waals surface area (Å²) in [5.74, 6) is 1.06. The quantitative estimate of drug-likeness (QED) is 0.794. The molecule has 124 valence electrons. The number of rotatable bonds is 4. The van der Waals surface area contributed by atoms with Gasteiger partial charge in [0, 0.05) is 19.2 Å². The molecule has 1 N–H and O–H groups in total. The average Bonchev–Trinajstić information content (AvgIpc) is 3.03. The fourth-order valence-electron chi connectivity index (χ4n) is 3.14. The molecule has 3 aromatic rings. The molecule has 5 nitrogen and oxygen atoms in total. The number of sulfonamides is 1. The van der Waals surface area contributed by atoms with Gasteiger partial charge in [-0.15, -0.1) is 0 Å². The lowest BCUT2D eigenvalue weighted by Gasteiger charge is -2.11. The van der Waals surface area contributed by atoms with Crippen molar-refractivity contribution in [2.45, 2.75) is 37.2 Å². The number of aromatic nitrogens is 2. The van der Waals surface area contributed by atoms with Gasteiger partial charge in [-0.2, -0.15) is 0 Å². The molecule has 0 aliphatic carbocycles. The summed E-state index contributed by atoms with van der Waals surface area (Å²) >= 11 is 0. The van der Waals surface area contributed by atoms with E-state index < -0.39 is 10.0 Å². The molecule has 1 aliphatic heterocycles. The Morgan fingerprint density at radius 3 is 2.75 bits per heavy atom. The van der Waals surface area contributed by atoms with Gasteiger partial charge in [0.15, 0.2) is 0 Å². The lowest BCUT2D eigenvalue weighted by Crippen LogP contribution is -2.23. The van der Waals surface area contributed by atoms with E-state index in [9.17, 15) is 8.42 Å². The highest BCUT2D eigenvalue weighted by Gasteiger charge is 2.17. The van der Waals surface area contributed by atoms with Gasteiger partial charge in [0.2, 0.25) is 10.0 Å². The molecule has 6 heteroatoms. The number of nitrogens with one attached hydrogen (secondary N) is 1. The molecule has 0 fully saturated rings. The summed E-state index contributed by atoms with van der Waals surface area (Å²) in [5.41, 5.74) is 0.774. The van der Waals surface area contributed by atoms with E-state index in [0.29, 0.717) is 0 Å². The van der Waals surface area contributed by atoms with Gasteiger partial charge in [0.05, 0.1) is 17.1 Å². The lowest BCUT2D eigenvalue weighted by atomic mass is 10.1. The van der Waals surface area contributed by atoms with Crippen LogP contribution in [-0.2, 0) is 29.5 Å². The fraction of sp³-hybridized carbons (Fsp3) is 0.278. The van der Waals surface area contributed by atoms with E-state index in [1.807, 2.05) is 36.5 Å². The Kier molecular flexibility index (Phi) is 3.86. The van der Waals surface area contributed by atoms with Crippen LogP contribution >= 0.6 is 0 Å². The zero-order chi connectivity index (χ0) is 16.6. The van der Waals surface area contributed by atoms with Crippen LogP contribution in [0.25, 0.3) is 10.8 Å². The summed E-state index contributed by atoms with van der Waals surface area (Å²) in [4.78, 5) is 4.82. The molecule has 0 radical (unpaired) electrons. The second-order valence-electron chi connectivity index (χ2n) is 6.13. The van der Waals surface area contributed by atoms with E-state index >= 15 is 0 Å². The Hall–Kier alpha value is -2.18. The summed E-state index contributed by atoms with van der Waals surface area (Å²) in [7, 11) is -3.55. The molecule has 1 aromatic heterocycles. The van der Waals surface area contributed by atoms with Gasteiger partial charge in [-0.05, 0) is 35.7 Å². The number of hydrogen-bond donors (Lipinski definition) is 1. The van der Waals surface area contributed by atoms with Crippen LogP contribution in [0.2, 0.25) is 0 Å². The Labute approximate surface area is 141 Å². The Balaban J connectivity index is 1.54. The summed E-state index contributed by atoms with van der Waals surface area (Å²) in [6.07, 6.45) is 5.24. The number of fused-ring (bicyclic) bond motifs is 2. The minimum Gasteiger partial charge on any atom is -0.335 e. The summed E-state index contributed by atoms with van der Waals surface area (Å²) in [5, 5.41) is 1.94. The monoisotopic (exact) mass is 341 g/mol. The van der Waals surface area contributed by atoms with Gasteiger partial charge in [-0.3, -0.25) is 0 Å². The van der Waals surface area contributed by atoms with Crippen molar-refractivity contribution < 1.29 is 8.42 Å². The maximum Gasteiger partial charge on any atom is 0.240 e. The highest BCUT2D eigenvalue weighted by molar-refractivity contribution is 7.89. The van der Waals surface area contributed by atoms with Crippen molar-refractivity contribution in [3.63, 3.8) is 0 Å². The number of benzene rings is 2. The van der Waals surface area contributed by atoms with Crippen LogP contribution in [0.5, 0.6) is 0 Å². The first kappa shape index (κ1) is 15.4. The van der Waals surface area contributed by atoms with Gasteiger partial charge in [-0.1, -0.05) is 30.3 Å². The maximum atomic E-state index is 12.5. The third-order valence-electron chi connectivity index (χ3n) is 4.43. The molecule has 0 saturated carbocycles. The van der Waals surface area contributed by atoms with E-state index in [2.05, 4.69) is 14.3 Å². The minimum atomic E-state index is -3.55. The van der Waals surface area contributed by atoms with Crippen LogP contribution in [0.1, 0.15) is 24.4 Å². The summed E-state index contributed by atoms with van der Waals surface area (Å²) in [6.45, 7) is 1.19. The van der Waals surface area contributed by atoms with E-state index in [1.165, 1.54) is 0 Å². The van der Waals surface area contributed by atoms with Gasteiger partial charge < -0.3 is 4.57 Å². The number of imidazole rings is 1. The van der Waals surface area contributed by atoms with Crippen molar-refractivity contribution in [2.24, 2.45) is 0 Å². The van der Waals surface area contributed by atoms with Crippen LogP contribution < -0.4 is 4.72 Å². The minimum absolute atomic E-state index is 0.217. The van der Waals surface area contributed by atoms with Crippen LogP contribution in [0, 0.1) is 0 Å². The maximum absolute atomic E-state index is 12.5. The Morgan fingerprint density at radius 2 is 1.92 bits per heavy atom. The van der Waals surface area contributed by atoms with Crippen molar-refractivity contribution in [1.29, 1.82) is 0 Å². The van der Waals surface area contributed by atoms with Gasteiger partial charge in [0.1, 0.15) is 5.82 Å². The van der Waals surface area contributed by atoms with Crippen molar-refractivity contribution in [3.05, 3.63) is 60.2 Å². The van der Waals surface area contributed by atoms with E-state index in [1.54, 1.807) is 12.1 Å². The number of hydrogen-bond acceptors (Lipinski definition) is 3. The fourth-order valence-corrected chi connectivity index (χ4v) is 4.18. The molecular formula is C18H19N3O2S. The van der Waals surface area contributed by atoms with Gasteiger partial charge in [-0.25, -0.2) is 18.1 Å². The molecule has 0 atom stereocenters. The Morgan fingerprint density at radius 1 is 1.08 bits per heavy atom. The smallest absolute Gasteiger partial charge is 0.240 e. The summed E-state index contributed by atoms with van der Waals surface area (Å²) in [6, 6.07) is 12.9. The van der Waals surface area contributed by atoms with Crippen LogP contribution in [0.4, 0.5) is 0 Å². The molecule has 0 amide bonds. The standard InChI is InChI=1S/C18H19N3O2S/c22-24(23,17-9-8-14-5-1-2-6-15(14)11-17)19-12-16-13-21-10-4-3-7-18(21)20-16/h1-2,5-6,8-9,11,13,19H,3-4,7,10,12H2. The van der Waals surface area contributed by atoms with Crippen molar-refractivity contribution in [1.82, 2.24) is 14.3 Å². The average molecular weight is 341 g/mol. The molecule has 2 heterocycles. The highest BCUT2D eigenvalue weighted by atomic mass is 32.2. The first-order chi connectivity index (χ1) is 11.6. The molecular weight excluding hydrogens is 322 g/mol. The first-order valence-corrected chi connectivity index (χ1v) is 9.63. The van der Waals surface area contributed by atoms with E-state index in [4.69, 9.17) is 0 Å². The van der Waals surface area contributed by atoms with Crippen LogP contribution in [0.3, 0.4) is 0 Å². The normalized spacial score (nSPS) is 14.7. The molecule has 0 unspecified atom stereocenters. The molecule has 1 aliphatic rings. The predicted molar refractivity (Wildman–Crippen MR) is 93.1 cm³/mol. The number of nitrogens with zero attached hydrogens (tertiary/aromatic N) is 2. The molecule has 2 aromatic carbocycles. The van der Waals surface area contributed by atoms with Gasteiger partial charge in [0.25, 0.3) is 0 Å². The zero-order valence-electron chi connectivity index (χ0n) is 13.3. The SMILES string of the molecule is O=S(=O)(NCc1cn2c(n1)CCCC2)c1ccc2ccccc2c1. The second-order valence-corrected chi connectivity index (χ2v) is 7.90. The predicted octanol–water partition coefficient (Wildman–Crippen LogP) is 2.85. The molecule has 0 spiro atoms. The van der Waals surface area contributed by atoms with Crippen LogP contribution in [0.15, 0.2) is 53.6 Å². The van der Waals surface area contributed by atoms with E-state index in [0.717, 1.165) is 48.1 Å². The Bertz CT molecular complexity index is 969. The number of aryl methyl sites for hydroxylation is 2. The first-order valence-electron chi connectivity index (χ1n) is 8.15. The third-order valence-corrected chi connectivity index (χ3v) is 5.83. The third kappa shape index (κ3) is 2.95. The van der Waals surface area contributed by atoms with Gasteiger partial charge >= 0.3 is 0 Å². The highest BCUT2D eigenvalue weighted by Crippen LogP contribution is 2.19. The second kappa shape index (κ2) is 6.03. The van der Waals surface area contributed by atoms with Crippen molar-refractivity contribution in [2.75, 3.05) is 0 Å². The van der Waals surface area contributed by atoms with Crippen molar-refractivity contribution >= 4 is 20.8 Å². The lowest BCUT2D eigenvalue weighted by molar-refractivity contribution is 0.522. The molecule has 4 rings (SSSR count).